The number of hydrogen-bond acceptors (Lipinski definition) is 0. The molecule has 84 valence electrons. The molecule has 0 heterocycles. The van der Waals surface area contributed by atoms with Crippen LogP contribution in [0, 0.1) is 11.8 Å². The van der Waals surface area contributed by atoms with Crippen molar-refractivity contribution in [3.05, 3.63) is 35.9 Å². The Balaban J connectivity index is 2.25. The van der Waals surface area contributed by atoms with Crippen LogP contribution >= 0.6 is 0 Å². The average Bonchev–Trinajstić information content (AvgIpc) is 2.27. The second kappa shape index (κ2) is 6.66. The van der Waals surface area contributed by atoms with Crippen LogP contribution < -0.4 is 0 Å². The lowest BCUT2D eigenvalue weighted by molar-refractivity contribution is 0.387. The van der Waals surface area contributed by atoms with Crippen LogP contribution in [0.5, 0.6) is 0 Å². The van der Waals surface area contributed by atoms with Gasteiger partial charge in [0, 0.05) is 0 Å². The van der Waals surface area contributed by atoms with Crippen LogP contribution in [0.25, 0.3) is 0 Å². The molecule has 0 amide bonds. The quantitative estimate of drug-likeness (QED) is 0.630. The van der Waals surface area contributed by atoms with Gasteiger partial charge >= 0.3 is 0 Å². The Labute approximate surface area is 94.7 Å². The molecule has 0 aliphatic heterocycles. The third-order valence-electron chi connectivity index (χ3n) is 3.27. The van der Waals surface area contributed by atoms with Crippen molar-refractivity contribution in [1.82, 2.24) is 0 Å². The molecule has 0 aliphatic carbocycles. The Kier molecular flexibility index (Phi) is 5.45. The molecule has 0 saturated heterocycles. The minimum absolute atomic E-state index is 0.861. The maximum atomic E-state index is 2.38. The van der Waals surface area contributed by atoms with Crippen molar-refractivity contribution >= 4 is 0 Å². The first-order valence-electron chi connectivity index (χ1n) is 6.26. The van der Waals surface area contributed by atoms with E-state index in [0.29, 0.717) is 0 Å². The average molecular weight is 204 g/mol. The SMILES string of the molecule is CCC(C)CC(C)CCc1ccccc1. The highest BCUT2D eigenvalue weighted by Crippen LogP contribution is 2.19. The first-order chi connectivity index (χ1) is 7.22. The summed E-state index contributed by atoms with van der Waals surface area (Å²) in [6.45, 7) is 7.03. The van der Waals surface area contributed by atoms with Crippen LogP contribution in [0.15, 0.2) is 30.3 Å². The van der Waals surface area contributed by atoms with Gasteiger partial charge in [0.2, 0.25) is 0 Å². The predicted octanol–water partition coefficient (Wildman–Crippen LogP) is 4.69. The molecule has 15 heavy (non-hydrogen) atoms. The highest BCUT2D eigenvalue weighted by molar-refractivity contribution is 5.14. The van der Waals surface area contributed by atoms with E-state index in [1.54, 1.807) is 0 Å². The molecule has 0 saturated carbocycles. The van der Waals surface area contributed by atoms with Gasteiger partial charge in [-0.25, -0.2) is 0 Å². The first kappa shape index (κ1) is 12.3. The van der Waals surface area contributed by atoms with E-state index in [-0.39, 0.29) is 0 Å². The molecule has 0 N–H and O–H groups in total. The van der Waals surface area contributed by atoms with Crippen LogP contribution in [0.1, 0.15) is 45.6 Å². The number of rotatable bonds is 6. The van der Waals surface area contributed by atoms with E-state index in [0.717, 1.165) is 11.8 Å². The van der Waals surface area contributed by atoms with Gasteiger partial charge in [-0.3, -0.25) is 0 Å². The van der Waals surface area contributed by atoms with E-state index in [9.17, 15) is 0 Å². The Morgan fingerprint density at radius 2 is 1.67 bits per heavy atom. The third kappa shape index (κ3) is 5.01. The Hall–Kier alpha value is -0.780. The molecule has 0 nitrogen and oxygen atoms in total. The van der Waals surface area contributed by atoms with Crippen LogP contribution in [-0.4, -0.2) is 0 Å². The van der Waals surface area contributed by atoms with Gasteiger partial charge in [-0.2, -0.15) is 0 Å². The maximum absolute atomic E-state index is 2.38. The summed E-state index contributed by atoms with van der Waals surface area (Å²) < 4.78 is 0. The molecule has 1 rings (SSSR count). The normalized spacial score (nSPS) is 14.9. The van der Waals surface area contributed by atoms with Crippen molar-refractivity contribution < 1.29 is 0 Å². The Morgan fingerprint density at radius 3 is 2.27 bits per heavy atom. The van der Waals surface area contributed by atoms with Gasteiger partial charge in [0.05, 0.1) is 0 Å². The van der Waals surface area contributed by atoms with Crippen LogP contribution in [-0.2, 0) is 6.42 Å². The molecule has 1 aromatic rings. The van der Waals surface area contributed by atoms with Crippen LogP contribution in [0.4, 0.5) is 0 Å². The molecule has 1 aromatic carbocycles. The van der Waals surface area contributed by atoms with Gasteiger partial charge in [-0.05, 0) is 36.7 Å². The zero-order valence-electron chi connectivity index (χ0n) is 10.4. The summed E-state index contributed by atoms with van der Waals surface area (Å²) >= 11 is 0. The molecule has 2 unspecified atom stereocenters. The minimum Gasteiger partial charge on any atom is -0.0651 e. The Morgan fingerprint density at radius 1 is 1.00 bits per heavy atom. The van der Waals surface area contributed by atoms with Crippen molar-refractivity contribution in [3.63, 3.8) is 0 Å². The van der Waals surface area contributed by atoms with Gasteiger partial charge < -0.3 is 0 Å². The molecule has 0 spiro atoms. The molecule has 0 radical (unpaired) electrons. The second-order valence-electron chi connectivity index (χ2n) is 4.88. The largest absolute Gasteiger partial charge is 0.0651 e. The number of benzene rings is 1. The fourth-order valence-corrected chi connectivity index (χ4v) is 2.03. The van der Waals surface area contributed by atoms with Crippen molar-refractivity contribution in [1.29, 1.82) is 0 Å². The molecule has 0 bridgehead atoms. The maximum Gasteiger partial charge on any atom is -0.0276 e. The summed E-state index contributed by atoms with van der Waals surface area (Å²) in [5.41, 5.74) is 1.48. The summed E-state index contributed by atoms with van der Waals surface area (Å²) in [4.78, 5) is 0. The molecule has 0 fully saturated rings. The van der Waals surface area contributed by atoms with Crippen molar-refractivity contribution in [2.75, 3.05) is 0 Å². The summed E-state index contributed by atoms with van der Waals surface area (Å²) in [6, 6.07) is 10.8. The first-order valence-corrected chi connectivity index (χ1v) is 6.26. The fraction of sp³-hybridized carbons (Fsp3) is 0.600. The van der Waals surface area contributed by atoms with E-state index in [4.69, 9.17) is 0 Å². The summed E-state index contributed by atoms with van der Waals surface area (Å²) in [5, 5.41) is 0. The zero-order valence-corrected chi connectivity index (χ0v) is 10.4. The summed E-state index contributed by atoms with van der Waals surface area (Å²) in [6.07, 6.45) is 5.26. The highest BCUT2D eigenvalue weighted by Gasteiger charge is 2.07. The molecular formula is C15H24. The van der Waals surface area contributed by atoms with E-state index in [1.165, 1.54) is 31.2 Å². The van der Waals surface area contributed by atoms with E-state index < -0.39 is 0 Å². The van der Waals surface area contributed by atoms with Gasteiger partial charge in [-0.15, -0.1) is 0 Å². The number of aryl methyl sites for hydroxylation is 1. The lowest BCUT2D eigenvalue weighted by Crippen LogP contribution is -2.03. The highest BCUT2D eigenvalue weighted by atomic mass is 14.1. The minimum atomic E-state index is 0.861. The molecule has 0 aromatic heterocycles. The summed E-state index contributed by atoms with van der Waals surface area (Å²) in [7, 11) is 0. The molecular weight excluding hydrogens is 180 g/mol. The van der Waals surface area contributed by atoms with Crippen LogP contribution in [0.2, 0.25) is 0 Å². The topological polar surface area (TPSA) is 0 Å². The van der Waals surface area contributed by atoms with E-state index in [1.807, 2.05) is 0 Å². The van der Waals surface area contributed by atoms with Gasteiger partial charge in [0.1, 0.15) is 0 Å². The summed E-state index contributed by atoms with van der Waals surface area (Å²) in [5.74, 6) is 1.75. The lowest BCUT2D eigenvalue weighted by Gasteiger charge is -2.15. The fourth-order valence-electron chi connectivity index (χ4n) is 2.03. The van der Waals surface area contributed by atoms with E-state index >= 15 is 0 Å². The number of hydrogen-bond donors (Lipinski definition) is 0. The van der Waals surface area contributed by atoms with Crippen molar-refractivity contribution in [3.8, 4) is 0 Å². The molecule has 0 aliphatic rings. The van der Waals surface area contributed by atoms with Gasteiger partial charge in [0.25, 0.3) is 0 Å². The lowest BCUT2D eigenvalue weighted by atomic mass is 9.91. The second-order valence-corrected chi connectivity index (χ2v) is 4.88. The monoisotopic (exact) mass is 204 g/mol. The van der Waals surface area contributed by atoms with E-state index in [2.05, 4.69) is 51.1 Å². The van der Waals surface area contributed by atoms with Crippen molar-refractivity contribution in [2.45, 2.75) is 46.5 Å². The standard InChI is InChI=1S/C15H24/c1-4-13(2)12-14(3)10-11-15-8-6-5-7-9-15/h5-9,13-14H,4,10-12H2,1-3H3. The Bertz CT molecular complexity index is 250. The molecule has 2 atom stereocenters. The van der Waals surface area contributed by atoms with Gasteiger partial charge in [-0.1, -0.05) is 57.5 Å². The van der Waals surface area contributed by atoms with Crippen LogP contribution in [0.3, 0.4) is 0 Å². The van der Waals surface area contributed by atoms with Gasteiger partial charge in [0.15, 0.2) is 0 Å². The predicted molar refractivity (Wildman–Crippen MR) is 68.0 cm³/mol. The molecule has 0 heteroatoms. The zero-order chi connectivity index (χ0) is 11.1. The smallest absolute Gasteiger partial charge is 0.0276 e. The van der Waals surface area contributed by atoms with Crippen molar-refractivity contribution in [2.24, 2.45) is 11.8 Å². The third-order valence-corrected chi connectivity index (χ3v) is 3.27.